The summed E-state index contributed by atoms with van der Waals surface area (Å²) in [6, 6.07) is 14.2. The molecule has 3 aromatic rings. The molecule has 0 fully saturated rings. The first kappa shape index (κ1) is 14.4. The van der Waals surface area contributed by atoms with Crippen LogP contribution in [0.25, 0.3) is 16.9 Å². The monoisotopic (exact) mass is 299 g/mol. The van der Waals surface area contributed by atoms with Crippen LogP contribution in [0.5, 0.6) is 0 Å². The molecule has 0 aliphatic carbocycles. The molecule has 1 aromatic heterocycles. The molecule has 22 heavy (non-hydrogen) atoms. The largest absolute Gasteiger partial charge is 0.330 e. The molecular formula is C17H15F2N3. The molecule has 0 amide bonds. The van der Waals surface area contributed by atoms with E-state index in [4.69, 9.17) is 5.73 Å². The van der Waals surface area contributed by atoms with Crippen molar-refractivity contribution >= 4 is 0 Å². The summed E-state index contributed by atoms with van der Waals surface area (Å²) in [4.78, 5) is 0. The lowest BCUT2D eigenvalue weighted by Crippen LogP contribution is -2.04. The van der Waals surface area contributed by atoms with Crippen LogP contribution in [0.1, 0.15) is 5.69 Å². The summed E-state index contributed by atoms with van der Waals surface area (Å²) < 4.78 is 28.8. The van der Waals surface area contributed by atoms with E-state index < -0.39 is 0 Å². The predicted molar refractivity (Wildman–Crippen MR) is 81.7 cm³/mol. The lowest BCUT2D eigenvalue weighted by Gasteiger charge is -2.08. The topological polar surface area (TPSA) is 43.8 Å². The van der Waals surface area contributed by atoms with Crippen molar-refractivity contribution in [1.29, 1.82) is 0 Å². The zero-order valence-corrected chi connectivity index (χ0v) is 11.8. The van der Waals surface area contributed by atoms with Gasteiger partial charge in [-0.1, -0.05) is 12.1 Å². The molecule has 112 valence electrons. The zero-order chi connectivity index (χ0) is 15.5. The quantitative estimate of drug-likeness (QED) is 0.803. The molecule has 0 saturated carbocycles. The second-order valence-electron chi connectivity index (χ2n) is 4.93. The third kappa shape index (κ3) is 2.76. The summed E-state index contributed by atoms with van der Waals surface area (Å²) in [5.74, 6) is -0.657. The molecule has 5 heteroatoms. The minimum Gasteiger partial charge on any atom is -0.330 e. The molecule has 2 aromatic carbocycles. The fourth-order valence-corrected chi connectivity index (χ4v) is 2.34. The average molecular weight is 299 g/mol. The van der Waals surface area contributed by atoms with Gasteiger partial charge in [0.2, 0.25) is 0 Å². The molecule has 0 saturated heterocycles. The highest BCUT2D eigenvalue weighted by atomic mass is 19.1. The number of nitrogens with zero attached hydrogens (tertiary/aromatic N) is 2. The SMILES string of the molecule is NCCc1cc(-c2ccccc2F)n(-c2ccc(F)cc2)n1. The summed E-state index contributed by atoms with van der Waals surface area (Å²) >= 11 is 0. The number of hydrogen-bond donors (Lipinski definition) is 1. The van der Waals surface area contributed by atoms with E-state index in [1.807, 2.05) is 6.07 Å². The van der Waals surface area contributed by atoms with E-state index in [2.05, 4.69) is 5.10 Å². The molecule has 3 nitrogen and oxygen atoms in total. The van der Waals surface area contributed by atoms with E-state index in [1.165, 1.54) is 18.2 Å². The van der Waals surface area contributed by atoms with Crippen LogP contribution < -0.4 is 5.73 Å². The second-order valence-corrected chi connectivity index (χ2v) is 4.93. The van der Waals surface area contributed by atoms with Gasteiger partial charge in [-0.05, 0) is 49.0 Å². The Bertz CT molecular complexity index is 779. The van der Waals surface area contributed by atoms with Crippen LogP contribution in [0.15, 0.2) is 54.6 Å². The number of aromatic nitrogens is 2. The molecule has 0 unspecified atom stereocenters. The third-order valence-corrected chi connectivity index (χ3v) is 3.38. The van der Waals surface area contributed by atoms with Gasteiger partial charge in [-0.25, -0.2) is 13.5 Å². The Hall–Kier alpha value is -2.53. The van der Waals surface area contributed by atoms with E-state index in [9.17, 15) is 8.78 Å². The number of nitrogens with two attached hydrogens (primary N) is 1. The van der Waals surface area contributed by atoms with Crippen molar-refractivity contribution in [3.63, 3.8) is 0 Å². The summed E-state index contributed by atoms with van der Waals surface area (Å²) in [7, 11) is 0. The Labute approximate surface area is 127 Å². The normalized spacial score (nSPS) is 10.9. The lowest BCUT2D eigenvalue weighted by atomic mass is 10.1. The van der Waals surface area contributed by atoms with Crippen LogP contribution in [-0.4, -0.2) is 16.3 Å². The minimum absolute atomic E-state index is 0.328. The highest BCUT2D eigenvalue weighted by molar-refractivity contribution is 5.63. The minimum atomic E-state index is -0.329. The first-order chi connectivity index (χ1) is 10.7. The van der Waals surface area contributed by atoms with Gasteiger partial charge in [-0.15, -0.1) is 0 Å². The van der Waals surface area contributed by atoms with Gasteiger partial charge in [0, 0.05) is 12.0 Å². The van der Waals surface area contributed by atoms with Gasteiger partial charge in [0.1, 0.15) is 11.6 Å². The summed E-state index contributed by atoms with van der Waals surface area (Å²) in [5.41, 5.74) is 8.08. The van der Waals surface area contributed by atoms with E-state index in [0.29, 0.717) is 29.9 Å². The van der Waals surface area contributed by atoms with Crippen LogP contribution in [-0.2, 0) is 6.42 Å². The summed E-state index contributed by atoms with van der Waals surface area (Å²) in [5, 5.41) is 4.46. The lowest BCUT2D eigenvalue weighted by molar-refractivity contribution is 0.625. The van der Waals surface area contributed by atoms with Crippen molar-refractivity contribution in [2.45, 2.75) is 6.42 Å². The van der Waals surface area contributed by atoms with Crippen molar-refractivity contribution in [2.75, 3.05) is 6.54 Å². The average Bonchev–Trinajstić information content (AvgIpc) is 2.93. The highest BCUT2D eigenvalue weighted by Crippen LogP contribution is 2.26. The van der Waals surface area contributed by atoms with Gasteiger partial charge >= 0.3 is 0 Å². The van der Waals surface area contributed by atoms with Crippen LogP contribution >= 0.6 is 0 Å². The molecule has 0 aliphatic heterocycles. The van der Waals surface area contributed by atoms with Crippen LogP contribution in [0.3, 0.4) is 0 Å². The zero-order valence-electron chi connectivity index (χ0n) is 11.8. The van der Waals surface area contributed by atoms with Crippen molar-refractivity contribution in [1.82, 2.24) is 9.78 Å². The molecule has 0 radical (unpaired) electrons. The van der Waals surface area contributed by atoms with Gasteiger partial charge in [0.15, 0.2) is 0 Å². The fourth-order valence-electron chi connectivity index (χ4n) is 2.34. The van der Waals surface area contributed by atoms with Crippen LogP contribution in [0.4, 0.5) is 8.78 Å². The molecular weight excluding hydrogens is 284 g/mol. The molecule has 0 spiro atoms. The molecule has 0 aliphatic rings. The molecule has 0 atom stereocenters. The van der Waals surface area contributed by atoms with Gasteiger partial charge < -0.3 is 5.73 Å². The maximum absolute atomic E-state index is 14.1. The predicted octanol–water partition coefficient (Wildman–Crippen LogP) is 3.32. The van der Waals surface area contributed by atoms with Gasteiger partial charge in [-0.3, -0.25) is 0 Å². The first-order valence-electron chi connectivity index (χ1n) is 6.99. The van der Waals surface area contributed by atoms with Gasteiger partial charge in [-0.2, -0.15) is 5.10 Å². The summed E-state index contributed by atoms with van der Waals surface area (Å²) in [6.07, 6.45) is 0.593. The Balaban J connectivity index is 2.16. The Morgan fingerprint density at radius 3 is 2.41 bits per heavy atom. The Morgan fingerprint density at radius 1 is 1.00 bits per heavy atom. The molecule has 0 bridgehead atoms. The smallest absolute Gasteiger partial charge is 0.132 e. The van der Waals surface area contributed by atoms with Crippen LogP contribution in [0, 0.1) is 11.6 Å². The van der Waals surface area contributed by atoms with E-state index in [0.717, 1.165) is 5.69 Å². The number of hydrogen-bond acceptors (Lipinski definition) is 2. The van der Waals surface area contributed by atoms with Crippen molar-refractivity contribution in [3.05, 3.63) is 71.9 Å². The van der Waals surface area contributed by atoms with Crippen molar-refractivity contribution in [3.8, 4) is 16.9 Å². The number of halogens is 2. The maximum Gasteiger partial charge on any atom is 0.132 e. The van der Waals surface area contributed by atoms with E-state index >= 15 is 0 Å². The first-order valence-corrected chi connectivity index (χ1v) is 6.99. The van der Waals surface area contributed by atoms with Crippen molar-refractivity contribution < 1.29 is 8.78 Å². The van der Waals surface area contributed by atoms with Crippen molar-refractivity contribution in [2.24, 2.45) is 5.73 Å². The Kier molecular flexibility index (Phi) is 3.98. The second kappa shape index (κ2) is 6.07. The standard InChI is InChI=1S/C17H15F2N3/c18-12-5-7-14(8-6-12)22-17(11-13(21-22)9-10-20)15-3-1-2-4-16(15)19/h1-8,11H,9-10,20H2. The summed E-state index contributed by atoms with van der Waals surface area (Å²) in [6.45, 7) is 0.455. The van der Waals surface area contributed by atoms with Gasteiger partial charge in [0.05, 0.1) is 17.1 Å². The number of benzene rings is 2. The van der Waals surface area contributed by atoms with Gasteiger partial charge in [0.25, 0.3) is 0 Å². The van der Waals surface area contributed by atoms with E-state index in [1.54, 1.807) is 35.0 Å². The third-order valence-electron chi connectivity index (χ3n) is 3.38. The highest BCUT2D eigenvalue weighted by Gasteiger charge is 2.14. The number of rotatable bonds is 4. The molecule has 1 heterocycles. The van der Waals surface area contributed by atoms with Crippen LogP contribution in [0.2, 0.25) is 0 Å². The molecule has 3 rings (SSSR count). The molecule has 2 N–H and O–H groups in total. The van der Waals surface area contributed by atoms with E-state index in [-0.39, 0.29) is 11.6 Å². The fraction of sp³-hybridized carbons (Fsp3) is 0.118. The Morgan fingerprint density at radius 2 is 1.73 bits per heavy atom. The maximum atomic E-state index is 14.1.